The summed E-state index contributed by atoms with van der Waals surface area (Å²) in [6.45, 7) is 0.626. The Morgan fingerprint density at radius 2 is 1.85 bits per heavy atom. The predicted octanol–water partition coefficient (Wildman–Crippen LogP) is 1.45. The Balaban J connectivity index is 0.00000147. The molecule has 0 aliphatic heterocycles. The summed E-state index contributed by atoms with van der Waals surface area (Å²) in [6, 6.07) is 0.0648. The Kier molecular flexibility index (Phi) is 5.32. The van der Waals surface area contributed by atoms with E-state index < -0.39 is 0 Å². The van der Waals surface area contributed by atoms with Gasteiger partial charge in [-0.15, -0.1) is 12.4 Å². The molecule has 6 atom stereocenters. The molecule has 2 bridgehead atoms. The van der Waals surface area contributed by atoms with E-state index in [4.69, 9.17) is 5.73 Å². The average Bonchev–Trinajstić information content (AvgIpc) is 2.98. The lowest BCUT2D eigenvalue weighted by Crippen LogP contribution is -2.47. The number of aliphatic hydroxyl groups is 1. The first kappa shape index (κ1) is 16.1. The van der Waals surface area contributed by atoms with Crippen molar-refractivity contribution in [3.8, 4) is 0 Å². The molecule has 3 saturated carbocycles. The Morgan fingerprint density at radius 3 is 2.50 bits per heavy atom. The average molecular weight is 303 g/mol. The number of hydrogen-bond donors (Lipinski definition) is 3. The van der Waals surface area contributed by atoms with Crippen LogP contribution in [0.3, 0.4) is 0 Å². The molecule has 3 aliphatic carbocycles. The monoisotopic (exact) mass is 302 g/mol. The van der Waals surface area contributed by atoms with E-state index in [1.165, 1.54) is 19.3 Å². The lowest BCUT2D eigenvalue weighted by molar-refractivity contribution is -0.127. The molecule has 0 aromatic rings. The summed E-state index contributed by atoms with van der Waals surface area (Å²) < 4.78 is 0. The highest BCUT2D eigenvalue weighted by Gasteiger charge is 2.49. The second kappa shape index (κ2) is 6.63. The number of nitrogens with one attached hydrogen (secondary N) is 1. The number of nitrogens with two attached hydrogens (primary N) is 1. The van der Waals surface area contributed by atoms with Gasteiger partial charge in [0.2, 0.25) is 5.91 Å². The summed E-state index contributed by atoms with van der Waals surface area (Å²) in [5.41, 5.74) is 6.19. The van der Waals surface area contributed by atoms with Gasteiger partial charge in [-0.05, 0) is 43.9 Å². The normalized spacial score (nSPS) is 43.1. The molecule has 0 radical (unpaired) electrons. The fraction of sp³-hybridized carbons (Fsp3) is 0.933. The first-order valence-corrected chi connectivity index (χ1v) is 7.88. The molecule has 4 N–H and O–H groups in total. The van der Waals surface area contributed by atoms with E-state index in [-0.39, 0.29) is 42.3 Å². The summed E-state index contributed by atoms with van der Waals surface area (Å²) in [4.78, 5) is 12.3. The number of carbonyl (C=O) groups is 1. The number of amides is 1. The molecule has 4 nitrogen and oxygen atoms in total. The quantitative estimate of drug-likeness (QED) is 0.738. The molecule has 0 aromatic heterocycles. The third-order valence-corrected chi connectivity index (χ3v) is 5.69. The van der Waals surface area contributed by atoms with Crippen LogP contribution in [0.4, 0.5) is 0 Å². The van der Waals surface area contributed by atoms with E-state index in [9.17, 15) is 9.90 Å². The summed E-state index contributed by atoms with van der Waals surface area (Å²) in [7, 11) is 0. The van der Waals surface area contributed by atoms with Crippen LogP contribution in [0.15, 0.2) is 0 Å². The number of aliphatic hydroxyl groups excluding tert-OH is 1. The molecule has 20 heavy (non-hydrogen) atoms. The van der Waals surface area contributed by atoms with Gasteiger partial charge >= 0.3 is 0 Å². The summed E-state index contributed by atoms with van der Waals surface area (Å²) in [5.74, 6) is 1.49. The third-order valence-electron chi connectivity index (χ3n) is 5.69. The minimum atomic E-state index is -0.234. The lowest BCUT2D eigenvalue weighted by atomic mass is 9.83. The van der Waals surface area contributed by atoms with Crippen molar-refractivity contribution in [2.45, 2.75) is 57.1 Å². The van der Waals surface area contributed by atoms with Gasteiger partial charge in [-0.25, -0.2) is 0 Å². The second-order valence-electron chi connectivity index (χ2n) is 6.79. The first-order chi connectivity index (χ1) is 9.16. The molecule has 0 spiro atoms. The molecule has 3 rings (SSSR count). The van der Waals surface area contributed by atoms with Crippen LogP contribution in [-0.2, 0) is 4.79 Å². The van der Waals surface area contributed by atoms with Crippen LogP contribution >= 0.6 is 12.4 Å². The fourth-order valence-electron chi connectivity index (χ4n) is 4.50. The Labute approximate surface area is 127 Å². The molecule has 5 heteroatoms. The second-order valence-corrected chi connectivity index (χ2v) is 6.79. The summed E-state index contributed by atoms with van der Waals surface area (Å²) in [5, 5.41) is 13.0. The van der Waals surface area contributed by atoms with Gasteiger partial charge in [0.15, 0.2) is 0 Å². The molecule has 1 amide bonds. The van der Waals surface area contributed by atoms with Crippen LogP contribution in [0.2, 0.25) is 0 Å². The molecular weight excluding hydrogens is 276 g/mol. The molecule has 3 aliphatic rings. The van der Waals surface area contributed by atoms with Gasteiger partial charge in [-0.2, -0.15) is 0 Å². The smallest absolute Gasteiger partial charge is 0.224 e. The first-order valence-electron chi connectivity index (χ1n) is 7.88. The number of fused-ring (bicyclic) bond motifs is 2. The Morgan fingerprint density at radius 1 is 1.15 bits per heavy atom. The summed E-state index contributed by atoms with van der Waals surface area (Å²) >= 11 is 0. The van der Waals surface area contributed by atoms with E-state index in [0.717, 1.165) is 25.7 Å². The maximum atomic E-state index is 12.3. The highest BCUT2D eigenvalue weighted by molar-refractivity contribution is 5.85. The number of carbonyl (C=O) groups excluding carboxylic acids is 1. The summed E-state index contributed by atoms with van der Waals surface area (Å²) in [6.07, 6.45) is 7.49. The minimum Gasteiger partial charge on any atom is -0.393 e. The zero-order valence-corrected chi connectivity index (χ0v) is 12.8. The van der Waals surface area contributed by atoms with Crippen molar-refractivity contribution in [3.05, 3.63) is 0 Å². The van der Waals surface area contributed by atoms with E-state index in [1.807, 2.05) is 0 Å². The Hall–Kier alpha value is -0.320. The van der Waals surface area contributed by atoms with Crippen molar-refractivity contribution in [1.82, 2.24) is 5.32 Å². The molecule has 0 heterocycles. The molecular formula is C15H27ClN2O2. The maximum absolute atomic E-state index is 12.3. The van der Waals surface area contributed by atoms with Crippen molar-refractivity contribution in [3.63, 3.8) is 0 Å². The lowest BCUT2D eigenvalue weighted by Gasteiger charge is -2.30. The van der Waals surface area contributed by atoms with Crippen LogP contribution in [0, 0.1) is 23.7 Å². The van der Waals surface area contributed by atoms with Crippen LogP contribution in [0.25, 0.3) is 0 Å². The molecule has 0 aromatic carbocycles. The standard InChI is InChI=1S/C15H26N2O2.ClH/c16-14-10-6-5-9(7-10)13(14)15(19)17-8-11-3-1-2-4-12(11)18;/h9-14,18H,1-8,16H2,(H,17,19);1H. The maximum Gasteiger partial charge on any atom is 0.224 e. The van der Waals surface area contributed by atoms with E-state index in [2.05, 4.69) is 5.32 Å². The third kappa shape index (κ3) is 2.97. The van der Waals surface area contributed by atoms with Crippen molar-refractivity contribution in [2.24, 2.45) is 29.4 Å². The zero-order chi connectivity index (χ0) is 13.4. The Bertz CT molecular complexity index is 351. The van der Waals surface area contributed by atoms with Gasteiger partial charge in [-0.3, -0.25) is 4.79 Å². The van der Waals surface area contributed by atoms with E-state index >= 15 is 0 Å². The van der Waals surface area contributed by atoms with E-state index in [1.54, 1.807) is 0 Å². The SMILES string of the molecule is Cl.NC1C2CCC(C2)C1C(=O)NCC1CCCCC1O. The van der Waals surface area contributed by atoms with Gasteiger partial charge in [0.25, 0.3) is 0 Å². The fourth-order valence-corrected chi connectivity index (χ4v) is 4.50. The number of halogens is 1. The molecule has 3 fully saturated rings. The van der Waals surface area contributed by atoms with Crippen LogP contribution in [-0.4, -0.2) is 29.7 Å². The zero-order valence-electron chi connectivity index (χ0n) is 12.0. The van der Waals surface area contributed by atoms with Gasteiger partial charge in [0, 0.05) is 18.5 Å². The van der Waals surface area contributed by atoms with Crippen molar-refractivity contribution in [2.75, 3.05) is 6.54 Å². The van der Waals surface area contributed by atoms with Crippen LogP contribution < -0.4 is 11.1 Å². The molecule has 116 valence electrons. The largest absolute Gasteiger partial charge is 0.393 e. The van der Waals surface area contributed by atoms with Gasteiger partial charge < -0.3 is 16.2 Å². The number of rotatable bonds is 3. The van der Waals surface area contributed by atoms with Gasteiger partial charge in [-0.1, -0.05) is 12.8 Å². The number of hydrogen-bond acceptors (Lipinski definition) is 3. The van der Waals surface area contributed by atoms with Crippen molar-refractivity contribution >= 4 is 18.3 Å². The van der Waals surface area contributed by atoms with Gasteiger partial charge in [0.1, 0.15) is 0 Å². The van der Waals surface area contributed by atoms with Crippen molar-refractivity contribution < 1.29 is 9.90 Å². The van der Waals surface area contributed by atoms with E-state index in [0.29, 0.717) is 18.4 Å². The highest BCUT2D eigenvalue weighted by atomic mass is 35.5. The van der Waals surface area contributed by atoms with Crippen molar-refractivity contribution in [1.29, 1.82) is 0 Å². The van der Waals surface area contributed by atoms with Crippen LogP contribution in [0.1, 0.15) is 44.9 Å². The topological polar surface area (TPSA) is 75.4 Å². The van der Waals surface area contributed by atoms with Gasteiger partial charge in [0.05, 0.1) is 12.0 Å². The molecule has 0 saturated heterocycles. The highest BCUT2D eigenvalue weighted by Crippen LogP contribution is 2.47. The molecule has 6 unspecified atom stereocenters. The minimum absolute atomic E-state index is 0. The predicted molar refractivity (Wildman–Crippen MR) is 80.5 cm³/mol. The van der Waals surface area contributed by atoms with Crippen LogP contribution in [0.5, 0.6) is 0 Å².